The van der Waals surface area contributed by atoms with Gasteiger partial charge in [-0.3, -0.25) is 0 Å². The normalized spacial score (nSPS) is 12.8. The van der Waals surface area contributed by atoms with E-state index < -0.39 is 41.0 Å². The van der Waals surface area contributed by atoms with Gasteiger partial charge in [-0.25, -0.2) is 9.38 Å². The maximum absolute atomic E-state index is 14.0. The van der Waals surface area contributed by atoms with Crippen LogP contribution in [0.25, 0.3) is 0 Å². The first-order valence-electron chi connectivity index (χ1n) is 7.27. The zero-order valence-electron chi connectivity index (χ0n) is 13.7. The van der Waals surface area contributed by atoms with Crippen LogP contribution < -0.4 is 0 Å². The summed E-state index contributed by atoms with van der Waals surface area (Å²) in [5.41, 5.74) is -1.19. The quantitative estimate of drug-likeness (QED) is 0.291. The van der Waals surface area contributed by atoms with Crippen molar-refractivity contribution < 1.29 is 30.7 Å². The van der Waals surface area contributed by atoms with Gasteiger partial charge in [0, 0.05) is 18.0 Å². The summed E-state index contributed by atoms with van der Waals surface area (Å²) in [6.45, 7) is 2.79. The molecule has 0 aromatic heterocycles. The van der Waals surface area contributed by atoms with Gasteiger partial charge in [0.15, 0.2) is 0 Å². The Kier molecular flexibility index (Phi) is 7.32. The number of hydrogen-bond acceptors (Lipinski definition) is 3. The summed E-state index contributed by atoms with van der Waals surface area (Å²) in [4.78, 5) is 3.84. The minimum absolute atomic E-state index is 0.0532. The maximum Gasteiger partial charge on any atom is 0.449 e. The molecule has 0 N–H and O–H groups in total. The van der Waals surface area contributed by atoms with Crippen LogP contribution in [0.4, 0.5) is 36.4 Å². The number of benzene rings is 1. The van der Waals surface area contributed by atoms with Crippen molar-refractivity contribution in [2.75, 3.05) is 18.8 Å². The van der Waals surface area contributed by atoms with E-state index in [4.69, 9.17) is 5.26 Å². The summed E-state index contributed by atoms with van der Waals surface area (Å²) >= 11 is 0.178. The molecule has 0 heterocycles. The molecular formula is C15H14F7N3S. The molecule has 0 saturated carbocycles. The molecule has 144 valence electrons. The molecule has 1 rings (SSSR count). The van der Waals surface area contributed by atoms with Crippen molar-refractivity contribution >= 4 is 23.3 Å². The second-order valence-electron chi connectivity index (χ2n) is 4.92. The van der Waals surface area contributed by atoms with Gasteiger partial charge in [0.1, 0.15) is 17.6 Å². The average Bonchev–Trinajstić information content (AvgIpc) is 2.52. The van der Waals surface area contributed by atoms with Gasteiger partial charge >= 0.3 is 12.4 Å². The van der Waals surface area contributed by atoms with Crippen LogP contribution in [0.2, 0.25) is 0 Å². The topological polar surface area (TPSA) is 39.4 Å². The first-order chi connectivity index (χ1) is 11.9. The standard InChI is InChI=1S/C15H14F7N3S/c1-3-25(4-2)13(15(20,21)22)24-11-6-12(26-8-14(17,18)19)9(7-23)5-10(11)16/h5-6H,3-4,8H2,1-2H3/b24-13+. The second kappa shape index (κ2) is 8.62. The maximum atomic E-state index is 14.0. The largest absolute Gasteiger partial charge is 0.449 e. The number of thioether (sulfide) groups is 1. The van der Waals surface area contributed by atoms with Crippen molar-refractivity contribution in [2.24, 2.45) is 4.99 Å². The monoisotopic (exact) mass is 401 g/mol. The minimum Gasteiger partial charge on any atom is -0.353 e. The van der Waals surface area contributed by atoms with E-state index in [2.05, 4.69) is 4.99 Å². The number of alkyl halides is 6. The third kappa shape index (κ3) is 6.09. The van der Waals surface area contributed by atoms with Crippen LogP contribution in [0.15, 0.2) is 22.0 Å². The number of hydrogen-bond donors (Lipinski definition) is 0. The fourth-order valence-corrected chi connectivity index (χ4v) is 2.72. The van der Waals surface area contributed by atoms with Crippen molar-refractivity contribution in [3.05, 3.63) is 23.5 Å². The van der Waals surface area contributed by atoms with E-state index in [0.717, 1.165) is 11.0 Å². The van der Waals surface area contributed by atoms with Crippen LogP contribution in [0.1, 0.15) is 19.4 Å². The Morgan fingerprint density at radius 3 is 2.15 bits per heavy atom. The number of nitriles is 1. The summed E-state index contributed by atoms with van der Waals surface area (Å²) in [6.07, 6.45) is -9.45. The number of amidine groups is 1. The van der Waals surface area contributed by atoms with Crippen LogP contribution in [-0.2, 0) is 0 Å². The molecule has 0 bridgehead atoms. The van der Waals surface area contributed by atoms with Gasteiger partial charge in [-0.15, -0.1) is 11.8 Å². The molecule has 1 aromatic rings. The Morgan fingerprint density at radius 1 is 1.15 bits per heavy atom. The molecule has 26 heavy (non-hydrogen) atoms. The Morgan fingerprint density at radius 2 is 1.73 bits per heavy atom. The predicted octanol–water partition coefficient (Wildman–Crippen LogP) is 5.29. The Balaban J connectivity index is 3.44. The molecule has 0 saturated heterocycles. The molecule has 1 aromatic carbocycles. The lowest BCUT2D eigenvalue weighted by Crippen LogP contribution is -2.41. The SMILES string of the molecule is CCN(CC)/C(=N/c1cc(SCC(F)(F)F)c(C#N)cc1F)C(F)(F)F. The van der Waals surface area contributed by atoms with Crippen molar-refractivity contribution in [1.82, 2.24) is 4.90 Å². The highest BCUT2D eigenvalue weighted by atomic mass is 32.2. The smallest absolute Gasteiger partial charge is 0.353 e. The van der Waals surface area contributed by atoms with Gasteiger partial charge in [-0.2, -0.15) is 31.6 Å². The molecule has 0 aliphatic carbocycles. The van der Waals surface area contributed by atoms with Gasteiger partial charge in [0.2, 0.25) is 5.84 Å². The average molecular weight is 401 g/mol. The van der Waals surface area contributed by atoms with Crippen LogP contribution in [0.5, 0.6) is 0 Å². The van der Waals surface area contributed by atoms with Crippen LogP contribution in [0.3, 0.4) is 0 Å². The fourth-order valence-electron chi connectivity index (χ4n) is 1.95. The lowest BCUT2D eigenvalue weighted by molar-refractivity contribution is -0.105. The summed E-state index contributed by atoms with van der Waals surface area (Å²) in [5.74, 6) is -3.97. The highest BCUT2D eigenvalue weighted by Gasteiger charge is 2.39. The lowest BCUT2D eigenvalue weighted by atomic mass is 10.2. The van der Waals surface area contributed by atoms with E-state index in [0.29, 0.717) is 6.07 Å². The molecule has 11 heteroatoms. The highest BCUT2D eigenvalue weighted by molar-refractivity contribution is 7.99. The Hall–Kier alpha value is -1.96. The van der Waals surface area contributed by atoms with E-state index in [9.17, 15) is 30.7 Å². The Labute approximate surface area is 149 Å². The summed E-state index contributed by atoms with van der Waals surface area (Å²) in [5, 5.41) is 8.90. The molecule has 0 radical (unpaired) electrons. The molecule has 3 nitrogen and oxygen atoms in total. The zero-order valence-corrected chi connectivity index (χ0v) is 14.5. The molecule has 0 aliphatic heterocycles. The zero-order chi connectivity index (χ0) is 20.1. The molecule has 0 amide bonds. The number of halogens is 7. The second-order valence-corrected chi connectivity index (χ2v) is 5.94. The van der Waals surface area contributed by atoms with E-state index in [-0.39, 0.29) is 29.7 Å². The number of aliphatic imine (C=N–C) groups is 1. The summed E-state index contributed by atoms with van der Waals surface area (Å²) < 4.78 is 90.7. The van der Waals surface area contributed by atoms with Gasteiger partial charge in [-0.1, -0.05) is 0 Å². The van der Waals surface area contributed by atoms with E-state index in [1.165, 1.54) is 19.9 Å². The first kappa shape index (κ1) is 22.1. The van der Waals surface area contributed by atoms with Gasteiger partial charge in [0.25, 0.3) is 0 Å². The van der Waals surface area contributed by atoms with Gasteiger partial charge in [-0.05, 0) is 26.0 Å². The van der Waals surface area contributed by atoms with Crippen molar-refractivity contribution in [3.63, 3.8) is 0 Å². The van der Waals surface area contributed by atoms with E-state index >= 15 is 0 Å². The van der Waals surface area contributed by atoms with E-state index in [1.54, 1.807) is 0 Å². The molecule has 0 unspecified atom stereocenters. The van der Waals surface area contributed by atoms with Crippen LogP contribution >= 0.6 is 11.8 Å². The van der Waals surface area contributed by atoms with Gasteiger partial charge < -0.3 is 4.90 Å². The van der Waals surface area contributed by atoms with E-state index in [1.807, 2.05) is 0 Å². The number of rotatable bonds is 5. The fraction of sp³-hybridized carbons (Fsp3) is 0.467. The molecular weight excluding hydrogens is 387 g/mol. The third-order valence-corrected chi connectivity index (χ3v) is 4.22. The minimum atomic E-state index is -4.88. The third-order valence-electron chi connectivity index (χ3n) is 3.10. The van der Waals surface area contributed by atoms with Crippen molar-refractivity contribution in [2.45, 2.75) is 31.1 Å². The van der Waals surface area contributed by atoms with Crippen LogP contribution in [-0.4, -0.2) is 41.9 Å². The molecule has 0 atom stereocenters. The first-order valence-corrected chi connectivity index (χ1v) is 8.25. The molecule has 0 fully saturated rings. The predicted molar refractivity (Wildman–Crippen MR) is 84.0 cm³/mol. The lowest BCUT2D eigenvalue weighted by Gasteiger charge is -2.24. The van der Waals surface area contributed by atoms with Crippen molar-refractivity contribution in [3.8, 4) is 6.07 Å². The summed E-state index contributed by atoms with van der Waals surface area (Å²) in [6, 6.07) is 2.82. The molecule has 0 aliphatic rings. The highest BCUT2D eigenvalue weighted by Crippen LogP contribution is 2.34. The van der Waals surface area contributed by atoms with Gasteiger partial charge in [0.05, 0.1) is 11.3 Å². The Bertz CT molecular complexity index is 701. The van der Waals surface area contributed by atoms with Crippen molar-refractivity contribution in [1.29, 1.82) is 5.26 Å². The molecule has 0 spiro atoms. The summed E-state index contributed by atoms with van der Waals surface area (Å²) in [7, 11) is 0. The van der Waals surface area contributed by atoms with Crippen LogP contribution in [0, 0.1) is 17.1 Å². The number of nitrogens with zero attached hydrogens (tertiary/aromatic N) is 3.